The van der Waals surface area contributed by atoms with Crippen molar-refractivity contribution in [2.45, 2.75) is 46.4 Å². The minimum Gasteiger partial charge on any atom is -0.441 e. The van der Waals surface area contributed by atoms with Crippen LogP contribution in [0.4, 0.5) is 0 Å². The Balaban J connectivity index is 1.57. The first kappa shape index (κ1) is 23.7. The number of aromatic nitrogens is 1. The molecule has 0 unspecified atom stereocenters. The second-order valence-corrected chi connectivity index (χ2v) is 8.13. The van der Waals surface area contributed by atoms with Crippen molar-refractivity contribution in [2.75, 3.05) is 32.8 Å². The van der Waals surface area contributed by atoms with Crippen LogP contribution < -0.4 is 5.32 Å². The minimum absolute atomic E-state index is 0.0468. The van der Waals surface area contributed by atoms with Gasteiger partial charge in [0.25, 0.3) is 0 Å². The highest BCUT2D eigenvalue weighted by Crippen LogP contribution is 2.26. The van der Waals surface area contributed by atoms with E-state index < -0.39 is 6.29 Å². The van der Waals surface area contributed by atoms with Gasteiger partial charge in [0.05, 0.1) is 18.2 Å². The van der Waals surface area contributed by atoms with Gasteiger partial charge in [-0.15, -0.1) is 0 Å². The summed E-state index contributed by atoms with van der Waals surface area (Å²) in [6.45, 7) is 9.49. The van der Waals surface area contributed by atoms with E-state index in [9.17, 15) is 4.79 Å². The van der Waals surface area contributed by atoms with Gasteiger partial charge in [-0.1, -0.05) is 17.7 Å². The molecule has 1 N–H and O–H groups in total. The summed E-state index contributed by atoms with van der Waals surface area (Å²) in [6.07, 6.45) is 1.44. The first-order valence-electron chi connectivity index (χ1n) is 11.0. The number of likely N-dealkylation sites (tertiary alicyclic amines) is 1. The van der Waals surface area contributed by atoms with Crippen molar-refractivity contribution < 1.29 is 18.7 Å². The van der Waals surface area contributed by atoms with Crippen LogP contribution in [0.2, 0.25) is 5.02 Å². The Labute approximate surface area is 189 Å². The summed E-state index contributed by atoms with van der Waals surface area (Å²) in [5.41, 5.74) is 1.75. The molecule has 1 aromatic carbocycles. The van der Waals surface area contributed by atoms with Crippen LogP contribution in [-0.2, 0) is 20.8 Å². The average Bonchev–Trinajstić information content (AvgIpc) is 3.12. The monoisotopic (exact) mass is 449 g/mol. The molecule has 2 heterocycles. The van der Waals surface area contributed by atoms with E-state index in [-0.39, 0.29) is 11.8 Å². The van der Waals surface area contributed by atoms with Gasteiger partial charge < -0.3 is 19.2 Å². The summed E-state index contributed by atoms with van der Waals surface area (Å²) in [7, 11) is 0. The van der Waals surface area contributed by atoms with Crippen molar-refractivity contribution in [3.05, 3.63) is 40.7 Å². The van der Waals surface area contributed by atoms with Crippen molar-refractivity contribution in [3.63, 3.8) is 0 Å². The number of aryl methyl sites for hydroxylation is 1. The highest BCUT2D eigenvalue weighted by atomic mass is 35.5. The Morgan fingerprint density at radius 2 is 2.13 bits per heavy atom. The van der Waals surface area contributed by atoms with Gasteiger partial charge in [0.2, 0.25) is 11.8 Å². The van der Waals surface area contributed by atoms with E-state index in [1.807, 2.05) is 45.0 Å². The molecule has 1 aliphatic rings. The number of ether oxygens (including phenoxy) is 2. The molecule has 1 aromatic heterocycles. The molecule has 8 heteroatoms. The van der Waals surface area contributed by atoms with Crippen LogP contribution in [0.3, 0.4) is 0 Å². The fourth-order valence-electron chi connectivity index (χ4n) is 3.81. The van der Waals surface area contributed by atoms with Crippen LogP contribution in [-0.4, -0.2) is 54.9 Å². The molecule has 0 radical (unpaired) electrons. The maximum absolute atomic E-state index is 12.7. The number of oxazole rings is 1. The van der Waals surface area contributed by atoms with E-state index in [1.54, 1.807) is 0 Å². The van der Waals surface area contributed by atoms with Gasteiger partial charge in [-0.3, -0.25) is 9.69 Å². The normalized spacial score (nSPS) is 17.3. The zero-order chi connectivity index (χ0) is 22.2. The molecule has 0 saturated carbocycles. The van der Waals surface area contributed by atoms with Gasteiger partial charge in [-0.2, -0.15) is 0 Å². The number of rotatable bonds is 10. The second kappa shape index (κ2) is 11.6. The minimum atomic E-state index is -0.402. The number of nitrogens with zero attached hydrogens (tertiary/aromatic N) is 2. The molecule has 1 aliphatic heterocycles. The lowest BCUT2D eigenvalue weighted by atomic mass is 9.97. The average molecular weight is 450 g/mol. The lowest BCUT2D eigenvalue weighted by Gasteiger charge is -2.31. The van der Waals surface area contributed by atoms with Crippen molar-refractivity contribution >= 4 is 17.5 Å². The number of amides is 1. The lowest BCUT2D eigenvalue weighted by molar-refractivity contribution is -0.143. The van der Waals surface area contributed by atoms with Crippen LogP contribution in [0, 0.1) is 12.8 Å². The van der Waals surface area contributed by atoms with Crippen LogP contribution in [0.15, 0.2) is 28.7 Å². The standard InChI is InChI=1S/C23H32ClN3O4/c1-4-29-21(30-5-2)13-25-22(28)18-9-7-11-27(14-18)15-20-16(3)31-23(26-20)17-8-6-10-19(24)12-17/h6,8,10,12,18,21H,4-5,7,9,11,13-15H2,1-3H3,(H,25,28)/t18-/m0/s1. The van der Waals surface area contributed by atoms with E-state index in [0.29, 0.717) is 43.8 Å². The first-order chi connectivity index (χ1) is 15.0. The zero-order valence-electron chi connectivity index (χ0n) is 18.5. The maximum Gasteiger partial charge on any atom is 0.226 e. The highest BCUT2D eigenvalue weighted by molar-refractivity contribution is 6.30. The number of nitrogens with one attached hydrogen (secondary N) is 1. The van der Waals surface area contributed by atoms with Crippen molar-refractivity contribution in [3.8, 4) is 11.5 Å². The summed E-state index contributed by atoms with van der Waals surface area (Å²) in [5, 5.41) is 3.64. The smallest absolute Gasteiger partial charge is 0.226 e. The number of halogens is 1. The molecule has 31 heavy (non-hydrogen) atoms. The molecular formula is C23H32ClN3O4. The molecule has 1 amide bonds. The van der Waals surface area contributed by atoms with Crippen molar-refractivity contribution in [1.82, 2.24) is 15.2 Å². The number of hydrogen-bond acceptors (Lipinski definition) is 6. The third-order valence-electron chi connectivity index (χ3n) is 5.36. The van der Waals surface area contributed by atoms with Gasteiger partial charge in [0, 0.05) is 36.9 Å². The molecule has 0 aliphatic carbocycles. The van der Waals surface area contributed by atoms with Crippen LogP contribution in [0.1, 0.15) is 38.1 Å². The van der Waals surface area contributed by atoms with Gasteiger partial charge in [-0.05, 0) is 58.4 Å². The van der Waals surface area contributed by atoms with E-state index >= 15 is 0 Å². The summed E-state index contributed by atoms with van der Waals surface area (Å²) in [4.78, 5) is 19.7. The number of carbonyl (C=O) groups excluding carboxylic acids is 1. The molecule has 170 valence electrons. The highest BCUT2D eigenvalue weighted by Gasteiger charge is 2.27. The summed E-state index contributed by atoms with van der Waals surface area (Å²) in [5.74, 6) is 1.35. The largest absolute Gasteiger partial charge is 0.441 e. The quantitative estimate of drug-likeness (QED) is 0.552. The number of carbonyl (C=O) groups is 1. The Morgan fingerprint density at radius 3 is 2.84 bits per heavy atom. The Bertz CT molecular complexity index is 851. The van der Waals surface area contributed by atoms with Gasteiger partial charge >= 0.3 is 0 Å². The van der Waals surface area contributed by atoms with E-state index in [0.717, 1.165) is 36.4 Å². The Kier molecular flexibility index (Phi) is 8.90. The third kappa shape index (κ3) is 6.77. The van der Waals surface area contributed by atoms with E-state index in [1.165, 1.54) is 0 Å². The summed E-state index contributed by atoms with van der Waals surface area (Å²) in [6, 6.07) is 7.48. The SMILES string of the molecule is CCOC(CNC(=O)[C@H]1CCCN(Cc2nc(-c3cccc(Cl)c3)oc2C)C1)OCC. The molecule has 1 atom stereocenters. The van der Waals surface area contributed by atoms with Crippen LogP contribution in [0.25, 0.3) is 11.5 Å². The Morgan fingerprint density at radius 1 is 1.35 bits per heavy atom. The molecule has 3 rings (SSSR count). The number of piperidine rings is 1. The van der Waals surface area contributed by atoms with Crippen LogP contribution >= 0.6 is 11.6 Å². The van der Waals surface area contributed by atoms with E-state index in [2.05, 4.69) is 15.2 Å². The molecule has 0 bridgehead atoms. The van der Waals surface area contributed by atoms with Crippen molar-refractivity contribution in [2.24, 2.45) is 5.92 Å². The fraction of sp³-hybridized carbons (Fsp3) is 0.565. The molecule has 1 saturated heterocycles. The summed E-state index contributed by atoms with van der Waals surface area (Å²) >= 11 is 6.09. The van der Waals surface area contributed by atoms with Crippen molar-refractivity contribution in [1.29, 1.82) is 0 Å². The molecular weight excluding hydrogens is 418 g/mol. The lowest BCUT2D eigenvalue weighted by Crippen LogP contribution is -2.45. The first-order valence-corrected chi connectivity index (χ1v) is 11.3. The second-order valence-electron chi connectivity index (χ2n) is 7.69. The predicted octanol–water partition coefficient (Wildman–Crippen LogP) is 4.03. The van der Waals surface area contributed by atoms with Gasteiger partial charge in [0.15, 0.2) is 6.29 Å². The topological polar surface area (TPSA) is 76.8 Å². The van der Waals surface area contributed by atoms with E-state index in [4.69, 9.17) is 25.5 Å². The molecule has 7 nitrogen and oxygen atoms in total. The molecule has 1 fully saturated rings. The number of hydrogen-bond donors (Lipinski definition) is 1. The third-order valence-corrected chi connectivity index (χ3v) is 5.60. The molecule has 0 spiro atoms. The predicted molar refractivity (Wildman–Crippen MR) is 120 cm³/mol. The van der Waals surface area contributed by atoms with Gasteiger partial charge in [0.1, 0.15) is 5.76 Å². The maximum atomic E-state index is 12.7. The summed E-state index contributed by atoms with van der Waals surface area (Å²) < 4.78 is 16.9. The fourth-order valence-corrected chi connectivity index (χ4v) is 4.00. The zero-order valence-corrected chi connectivity index (χ0v) is 19.3. The van der Waals surface area contributed by atoms with Gasteiger partial charge in [-0.25, -0.2) is 4.98 Å². The number of benzene rings is 1. The van der Waals surface area contributed by atoms with Crippen LogP contribution in [0.5, 0.6) is 0 Å². The molecule has 2 aromatic rings. The Hall–Kier alpha value is -1.93.